The van der Waals surface area contributed by atoms with Crippen LogP contribution in [0.3, 0.4) is 0 Å². The van der Waals surface area contributed by atoms with Gasteiger partial charge in [-0.25, -0.2) is 0 Å². The Morgan fingerprint density at radius 1 is 1.33 bits per heavy atom. The lowest BCUT2D eigenvalue weighted by atomic mass is 9.89. The number of halogens is 1. The van der Waals surface area contributed by atoms with Crippen molar-refractivity contribution in [2.24, 2.45) is 5.92 Å². The van der Waals surface area contributed by atoms with E-state index in [0.29, 0.717) is 10.7 Å². The third-order valence-corrected chi connectivity index (χ3v) is 2.61. The molecule has 0 aromatic rings. The summed E-state index contributed by atoms with van der Waals surface area (Å²) in [4.78, 5) is 0.552. The zero-order valence-electron chi connectivity index (χ0n) is 5.68. The van der Waals surface area contributed by atoms with Crippen LogP contribution in [-0.4, -0.2) is 16.0 Å². The van der Waals surface area contributed by atoms with Gasteiger partial charge in [0.2, 0.25) is 0 Å². The van der Waals surface area contributed by atoms with Crippen LogP contribution in [0.4, 0.5) is 0 Å². The number of aliphatic hydroxyl groups is 1. The molecule has 1 fully saturated rings. The molecule has 1 saturated carbocycles. The van der Waals surface area contributed by atoms with Crippen molar-refractivity contribution < 1.29 is 5.11 Å². The Balaban J connectivity index is 2.34. The highest BCUT2D eigenvalue weighted by molar-refractivity contribution is 9.09. The van der Waals surface area contributed by atoms with Crippen LogP contribution in [-0.2, 0) is 0 Å². The van der Waals surface area contributed by atoms with Crippen LogP contribution in [0, 0.1) is 5.92 Å². The SMILES string of the molecule is CC1CC(O)CC(Br)C1. The van der Waals surface area contributed by atoms with E-state index in [0.717, 1.165) is 12.8 Å². The maximum absolute atomic E-state index is 9.22. The minimum Gasteiger partial charge on any atom is -0.393 e. The Morgan fingerprint density at radius 3 is 2.44 bits per heavy atom. The maximum Gasteiger partial charge on any atom is 0.0553 e. The molecule has 0 spiro atoms. The highest BCUT2D eigenvalue weighted by atomic mass is 79.9. The van der Waals surface area contributed by atoms with E-state index >= 15 is 0 Å². The van der Waals surface area contributed by atoms with Crippen LogP contribution in [0.25, 0.3) is 0 Å². The first-order valence-corrected chi connectivity index (χ1v) is 4.42. The first-order valence-electron chi connectivity index (χ1n) is 3.50. The van der Waals surface area contributed by atoms with Gasteiger partial charge in [-0.3, -0.25) is 0 Å². The number of rotatable bonds is 0. The summed E-state index contributed by atoms with van der Waals surface area (Å²) in [6.07, 6.45) is 3.09. The molecule has 0 aromatic heterocycles. The second-order valence-corrected chi connectivity index (χ2v) is 4.36. The highest BCUT2D eigenvalue weighted by Gasteiger charge is 2.22. The molecule has 2 heteroatoms. The topological polar surface area (TPSA) is 20.2 Å². The van der Waals surface area contributed by atoms with E-state index in [9.17, 15) is 5.11 Å². The van der Waals surface area contributed by atoms with Crippen LogP contribution < -0.4 is 0 Å². The molecular formula is C7H13BrO. The molecule has 9 heavy (non-hydrogen) atoms. The third-order valence-electron chi connectivity index (χ3n) is 1.86. The lowest BCUT2D eigenvalue weighted by Crippen LogP contribution is -2.24. The number of hydrogen-bond acceptors (Lipinski definition) is 1. The van der Waals surface area contributed by atoms with Gasteiger partial charge in [0.15, 0.2) is 0 Å². The molecule has 1 rings (SSSR count). The van der Waals surface area contributed by atoms with Crippen LogP contribution in [0.2, 0.25) is 0 Å². The summed E-state index contributed by atoms with van der Waals surface area (Å²) in [5, 5.41) is 9.22. The summed E-state index contributed by atoms with van der Waals surface area (Å²) >= 11 is 3.51. The fourth-order valence-corrected chi connectivity index (χ4v) is 2.55. The van der Waals surface area contributed by atoms with Crippen molar-refractivity contribution in [3.05, 3.63) is 0 Å². The number of aliphatic hydroxyl groups excluding tert-OH is 1. The predicted octanol–water partition coefficient (Wildman–Crippen LogP) is 1.93. The molecule has 0 saturated heterocycles. The largest absolute Gasteiger partial charge is 0.393 e. The smallest absolute Gasteiger partial charge is 0.0553 e. The van der Waals surface area contributed by atoms with Gasteiger partial charge in [0.25, 0.3) is 0 Å². The van der Waals surface area contributed by atoms with Gasteiger partial charge in [0.05, 0.1) is 6.10 Å². The predicted molar refractivity (Wildman–Crippen MR) is 41.7 cm³/mol. The lowest BCUT2D eigenvalue weighted by Gasteiger charge is -2.26. The van der Waals surface area contributed by atoms with E-state index in [1.165, 1.54) is 6.42 Å². The molecule has 0 aliphatic heterocycles. The van der Waals surface area contributed by atoms with Gasteiger partial charge in [0, 0.05) is 4.83 Å². The van der Waals surface area contributed by atoms with Crippen molar-refractivity contribution in [1.82, 2.24) is 0 Å². The van der Waals surface area contributed by atoms with Crippen molar-refractivity contribution in [2.45, 2.75) is 37.1 Å². The van der Waals surface area contributed by atoms with Crippen LogP contribution in [0.5, 0.6) is 0 Å². The normalized spacial score (nSPS) is 45.0. The second-order valence-electron chi connectivity index (χ2n) is 3.06. The minimum absolute atomic E-state index is 0.0573. The van der Waals surface area contributed by atoms with Crippen LogP contribution in [0.1, 0.15) is 26.2 Å². The Labute approximate surface area is 64.6 Å². The summed E-state index contributed by atoms with van der Waals surface area (Å²) < 4.78 is 0. The molecule has 0 radical (unpaired) electrons. The Kier molecular flexibility index (Phi) is 2.53. The Hall–Kier alpha value is 0.440. The zero-order valence-corrected chi connectivity index (χ0v) is 7.26. The molecule has 1 aliphatic rings. The number of hydrogen-bond donors (Lipinski definition) is 1. The van der Waals surface area contributed by atoms with Crippen molar-refractivity contribution >= 4 is 15.9 Å². The molecule has 1 aliphatic carbocycles. The van der Waals surface area contributed by atoms with Gasteiger partial charge in [-0.15, -0.1) is 0 Å². The van der Waals surface area contributed by atoms with E-state index in [1.807, 2.05) is 0 Å². The van der Waals surface area contributed by atoms with Gasteiger partial charge in [0.1, 0.15) is 0 Å². The maximum atomic E-state index is 9.22. The molecule has 3 atom stereocenters. The van der Waals surface area contributed by atoms with Crippen molar-refractivity contribution in [1.29, 1.82) is 0 Å². The summed E-state index contributed by atoms with van der Waals surface area (Å²) in [5.41, 5.74) is 0. The lowest BCUT2D eigenvalue weighted by molar-refractivity contribution is 0.110. The average Bonchev–Trinajstić information content (AvgIpc) is 1.59. The summed E-state index contributed by atoms with van der Waals surface area (Å²) in [7, 11) is 0. The summed E-state index contributed by atoms with van der Waals surface area (Å²) in [6.45, 7) is 2.19. The van der Waals surface area contributed by atoms with E-state index in [4.69, 9.17) is 0 Å². The first-order chi connectivity index (χ1) is 4.18. The Bertz CT molecular complexity index is 69.9. The fraction of sp³-hybridized carbons (Fsp3) is 1.00. The van der Waals surface area contributed by atoms with Gasteiger partial charge in [-0.2, -0.15) is 0 Å². The fourth-order valence-electron chi connectivity index (χ4n) is 1.48. The van der Waals surface area contributed by atoms with E-state index < -0.39 is 0 Å². The second kappa shape index (κ2) is 3.02. The highest BCUT2D eigenvalue weighted by Crippen LogP contribution is 2.28. The quantitative estimate of drug-likeness (QED) is 0.583. The molecule has 0 aromatic carbocycles. The van der Waals surface area contributed by atoms with Crippen molar-refractivity contribution in [2.75, 3.05) is 0 Å². The monoisotopic (exact) mass is 192 g/mol. The molecule has 0 heterocycles. The molecule has 54 valence electrons. The van der Waals surface area contributed by atoms with E-state index in [2.05, 4.69) is 22.9 Å². The number of alkyl halides is 1. The summed E-state index contributed by atoms with van der Waals surface area (Å²) in [5.74, 6) is 0.693. The minimum atomic E-state index is -0.0573. The van der Waals surface area contributed by atoms with Gasteiger partial charge in [-0.05, 0) is 25.2 Å². The molecular weight excluding hydrogens is 180 g/mol. The summed E-state index contributed by atoms with van der Waals surface area (Å²) in [6, 6.07) is 0. The zero-order chi connectivity index (χ0) is 6.85. The molecule has 1 N–H and O–H groups in total. The molecule has 0 amide bonds. The van der Waals surface area contributed by atoms with Gasteiger partial charge < -0.3 is 5.11 Å². The molecule has 1 nitrogen and oxygen atoms in total. The average molecular weight is 193 g/mol. The van der Waals surface area contributed by atoms with E-state index in [1.54, 1.807) is 0 Å². The van der Waals surface area contributed by atoms with Crippen LogP contribution >= 0.6 is 15.9 Å². The first kappa shape index (κ1) is 7.55. The molecule has 0 bridgehead atoms. The van der Waals surface area contributed by atoms with Gasteiger partial charge >= 0.3 is 0 Å². The third kappa shape index (κ3) is 2.26. The van der Waals surface area contributed by atoms with Gasteiger partial charge in [-0.1, -0.05) is 22.9 Å². The van der Waals surface area contributed by atoms with Crippen LogP contribution in [0.15, 0.2) is 0 Å². The molecule has 3 unspecified atom stereocenters. The standard InChI is InChI=1S/C7H13BrO/c1-5-2-6(8)4-7(9)3-5/h5-7,9H,2-4H2,1H3. The van der Waals surface area contributed by atoms with Crippen molar-refractivity contribution in [3.8, 4) is 0 Å². The Morgan fingerprint density at radius 2 is 2.00 bits per heavy atom. The van der Waals surface area contributed by atoms with Crippen molar-refractivity contribution in [3.63, 3.8) is 0 Å². The van der Waals surface area contributed by atoms with E-state index in [-0.39, 0.29) is 6.10 Å².